The van der Waals surface area contributed by atoms with Gasteiger partial charge in [-0.2, -0.15) is 5.10 Å². The fourth-order valence-electron chi connectivity index (χ4n) is 2.40. The normalized spacial score (nSPS) is 16.8. The highest BCUT2D eigenvalue weighted by Gasteiger charge is 2.23. The molecule has 20 heavy (non-hydrogen) atoms. The second kappa shape index (κ2) is 6.36. The van der Waals surface area contributed by atoms with Gasteiger partial charge in [0.2, 0.25) is 5.91 Å². The van der Waals surface area contributed by atoms with E-state index in [4.69, 9.17) is 5.11 Å². The highest BCUT2D eigenvalue weighted by atomic mass is 16.4. The van der Waals surface area contributed by atoms with Gasteiger partial charge in [0.1, 0.15) is 0 Å². The molecule has 1 aliphatic rings. The number of nitrogens with zero attached hydrogens (tertiary/aromatic N) is 3. The van der Waals surface area contributed by atoms with Gasteiger partial charge in [0.05, 0.1) is 6.20 Å². The fourth-order valence-corrected chi connectivity index (χ4v) is 2.40. The Bertz CT molecular complexity index is 513. The van der Waals surface area contributed by atoms with Crippen LogP contribution in [-0.4, -0.2) is 44.8 Å². The summed E-state index contributed by atoms with van der Waals surface area (Å²) in [7, 11) is 1.83. The minimum atomic E-state index is -0.758. The van der Waals surface area contributed by atoms with Gasteiger partial charge in [-0.1, -0.05) is 0 Å². The maximum absolute atomic E-state index is 12.0. The molecule has 2 heterocycles. The number of rotatable bonds is 4. The molecule has 1 saturated heterocycles. The van der Waals surface area contributed by atoms with Crippen molar-refractivity contribution in [2.75, 3.05) is 13.1 Å². The van der Waals surface area contributed by atoms with E-state index in [2.05, 4.69) is 5.10 Å². The first-order chi connectivity index (χ1) is 9.54. The molecule has 108 valence electrons. The average molecular weight is 277 g/mol. The number of aromatic nitrogens is 2. The molecule has 6 heteroatoms. The summed E-state index contributed by atoms with van der Waals surface area (Å²) in [4.78, 5) is 24.4. The number of hydrogen-bond donors (Lipinski definition) is 1. The van der Waals surface area contributed by atoms with Crippen LogP contribution in [0.15, 0.2) is 18.5 Å². The highest BCUT2D eigenvalue weighted by Crippen LogP contribution is 2.20. The lowest BCUT2D eigenvalue weighted by Gasteiger charge is -2.30. The van der Waals surface area contributed by atoms with Crippen molar-refractivity contribution in [2.45, 2.75) is 19.3 Å². The first-order valence-electron chi connectivity index (χ1n) is 6.72. The molecule has 1 aromatic rings. The maximum Gasteiger partial charge on any atom is 0.303 e. The smallest absolute Gasteiger partial charge is 0.303 e. The number of likely N-dealkylation sites (tertiary alicyclic amines) is 1. The molecule has 0 spiro atoms. The van der Waals surface area contributed by atoms with Crippen LogP contribution in [0.1, 0.15) is 24.8 Å². The largest absolute Gasteiger partial charge is 0.481 e. The number of piperidine rings is 1. The molecule has 1 N–H and O–H groups in total. The Morgan fingerprint density at radius 2 is 2.15 bits per heavy atom. The average Bonchev–Trinajstić information content (AvgIpc) is 2.82. The summed E-state index contributed by atoms with van der Waals surface area (Å²) in [5.41, 5.74) is 0.890. The Morgan fingerprint density at radius 1 is 1.45 bits per heavy atom. The maximum atomic E-state index is 12.0. The van der Waals surface area contributed by atoms with Crippen molar-refractivity contribution in [1.29, 1.82) is 0 Å². The fraction of sp³-hybridized carbons (Fsp3) is 0.500. The first kappa shape index (κ1) is 14.3. The lowest BCUT2D eigenvalue weighted by Crippen LogP contribution is -2.37. The number of carboxylic acids is 1. The standard InChI is InChI=1S/C14H19N3O3/c1-16-10-12(9-15-16)2-3-13(18)17-6-4-11(5-7-17)8-14(19)20/h2-3,9-11H,4-8H2,1H3,(H,19,20). The van der Waals surface area contributed by atoms with Crippen LogP contribution in [0.2, 0.25) is 0 Å². The Hall–Kier alpha value is -2.11. The molecule has 0 saturated carbocycles. The predicted molar refractivity (Wildman–Crippen MR) is 73.8 cm³/mol. The minimum absolute atomic E-state index is 0.0253. The zero-order valence-electron chi connectivity index (χ0n) is 11.5. The second-order valence-electron chi connectivity index (χ2n) is 5.15. The van der Waals surface area contributed by atoms with Crippen molar-refractivity contribution >= 4 is 18.0 Å². The van der Waals surface area contributed by atoms with E-state index in [1.807, 2.05) is 13.2 Å². The Kier molecular flexibility index (Phi) is 4.55. The summed E-state index contributed by atoms with van der Waals surface area (Å²) in [6, 6.07) is 0. The van der Waals surface area contributed by atoms with Crippen LogP contribution >= 0.6 is 0 Å². The molecule has 0 aliphatic carbocycles. The van der Waals surface area contributed by atoms with Crippen molar-refractivity contribution in [3.63, 3.8) is 0 Å². The monoisotopic (exact) mass is 277 g/mol. The molecule has 0 aromatic carbocycles. The second-order valence-corrected chi connectivity index (χ2v) is 5.15. The molecule has 0 radical (unpaired) electrons. The van der Waals surface area contributed by atoms with Crippen molar-refractivity contribution in [2.24, 2.45) is 13.0 Å². The summed E-state index contributed by atoms with van der Waals surface area (Å²) >= 11 is 0. The highest BCUT2D eigenvalue weighted by molar-refractivity contribution is 5.91. The van der Waals surface area contributed by atoms with Gasteiger partial charge in [0, 0.05) is 44.4 Å². The zero-order valence-corrected chi connectivity index (χ0v) is 11.5. The number of hydrogen-bond acceptors (Lipinski definition) is 3. The minimum Gasteiger partial charge on any atom is -0.481 e. The van der Waals surface area contributed by atoms with E-state index in [1.54, 1.807) is 27.9 Å². The quantitative estimate of drug-likeness (QED) is 0.838. The van der Waals surface area contributed by atoms with Gasteiger partial charge in [-0.15, -0.1) is 0 Å². The Balaban J connectivity index is 1.82. The molecule has 2 rings (SSSR count). The number of aryl methyl sites for hydroxylation is 1. The van der Waals surface area contributed by atoms with E-state index in [0.29, 0.717) is 13.1 Å². The number of carbonyl (C=O) groups excluding carboxylic acids is 1. The van der Waals surface area contributed by atoms with E-state index in [0.717, 1.165) is 18.4 Å². The van der Waals surface area contributed by atoms with Gasteiger partial charge in [-0.25, -0.2) is 0 Å². The summed E-state index contributed by atoms with van der Waals surface area (Å²) in [6.45, 7) is 1.27. The van der Waals surface area contributed by atoms with Crippen LogP contribution in [0, 0.1) is 5.92 Å². The molecular formula is C14H19N3O3. The van der Waals surface area contributed by atoms with Gasteiger partial charge < -0.3 is 10.0 Å². The molecular weight excluding hydrogens is 258 g/mol. The van der Waals surface area contributed by atoms with E-state index in [1.165, 1.54) is 0 Å². The summed E-state index contributed by atoms with van der Waals surface area (Å²) in [5, 5.41) is 12.8. The van der Waals surface area contributed by atoms with Gasteiger partial charge in [0.15, 0.2) is 0 Å². The predicted octanol–water partition coefficient (Wildman–Crippen LogP) is 1.15. The molecule has 1 aliphatic heterocycles. The van der Waals surface area contributed by atoms with Crippen LogP contribution in [0.4, 0.5) is 0 Å². The summed E-state index contributed by atoms with van der Waals surface area (Å²) in [5.74, 6) is -0.590. The molecule has 6 nitrogen and oxygen atoms in total. The van der Waals surface area contributed by atoms with E-state index in [-0.39, 0.29) is 18.2 Å². The Labute approximate surface area is 117 Å². The molecule has 0 bridgehead atoms. The summed E-state index contributed by atoms with van der Waals surface area (Å²) in [6.07, 6.45) is 8.56. The third-order valence-corrected chi connectivity index (χ3v) is 3.53. The molecule has 1 fully saturated rings. The van der Waals surface area contributed by atoms with Crippen LogP contribution in [0.25, 0.3) is 6.08 Å². The van der Waals surface area contributed by atoms with Gasteiger partial charge in [-0.3, -0.25) is 14.3 Å². The van der Waals surface area contributed by atoms with Crippen molar-refractivity contribution in [3.05, 3.63) is 24.0 Å². The van der Waals surface area contributed by atoms with Crippen LogP contribution in [0.5, 0.6) is 0 Å². The van der Waals surface area contributed by atoms with Gasteiger partial charge in [0.25, 0.3) is 0 Å². The number of carboxylic acid groups (broad SMARTS) is 1. The number of aliphatic carboxylic acids is 1. The van der Waals surface area contributed by atoms with Crippen molar-refractivity contribution < 1.29 is 14.7 Å². The van der Waals surface area contributed by atoms with Crippen molar-refractivity contribution in [3.8, 4) is 0 Å². The summed E-state index contributed by atoms with van der Waals surface area (Å²) < 4.78 is 1.68. The van der Waals surface area contributed by atoms with Crippen LogP contribution in [0.3, 0.4) is 0 Å². The molecule has 0 atom stereocenters. The Morgan fingerprint density at radius 3 is 2.70 bits per heavy atom. The van der Waals surface area contributed by atoms with E-state index in [9.17, 15) is 9.59 Å². The molecule has 1 aromatic heterocycles. The number of carbonyl (C=O) groups is 2. The van der Waals surface area contributed by atoms with E-state index >= 15 is 0 Å². The SMILES string of the molecule is Cn1cc(C=CC(=O)N2CCC(CC(=O)O)CC2)cn1. The third kappa shape index (κ3) is 3.94. The lowest BCUT2D eigenvalue weighted by atomic mass is 9.93. The van der Waals surface area contributed by atoms with E-state index < -0.39 is 5.97 Å². The first-order valence-corrected chi connectivity index (χ1v) is 6.72. The lowest BCUT2D eigenvalue weighted by molar-refractivity contribution is -0.138. The number of amides is 1. The molecule has 1 amide bonds. The third-order valence-electron chi connectivity index (χ3n) is 3.53. The van der Waals surface area contributed by atoms with Gasteiger partial charge >= 0.3 is 5.97 Å². The van der Waals surface area contributed by atoms with Crippen LogP contribution in [-0.2, 0) is 16.6 Å². The van der Waals surface area contributed by atoms with Crippen molar-refractivity contribution in [1.82, 2.24) is 14.7 Å². The molecule has 0 unspecified atom stereocenters. The topological polar surface area (TPSA) is 75.4 Å². The van der Waals surface area contributed by atoms with Gasteiger partial charge in [-0.05, 0) is 24.8 Å². The zero-order chi connectivity index (χ0) is 14.5. The van der Waals surface area contributed by atoms with Crippen LogP contribution < -0.4 is 0 Å².